The largest absolute Gasteiger partial charge is 0.368 e. The topological polar surface area (TPSA) is 19.4 Å². The Morgan fingerprint density at radius 3 is 2.36 bits per heavy atom. The zero-order chi connectivity index (χ0) is 17.2. The van der Waals surface area contributed by atoms with Gasteiger partial charge < -0.3 is 4.90 Å². The van der Waals surface area contributed by atoms with Gasteiger partial charge in [-0.3, -0.25) is 9.88 Å². The molecule has 1 aromatic heterocycles. The van der Waals surface area contributed by atoms with Gasteiger partial charge in [0.15, 0.2) is 0 Å². The highest BCUT2D eigenvalue weighted by atomic mass is 35.5. The SMILES string of the molecule is Clc1cc(Cl)cc(CN2CCN(c3cnc4ccccc4c3)CC2)c1. The molecule has 0 radical (unpaired) electrons. The summed E-state index contributed by atoms with van der Waals surface area (Å²) in [6.45, 7) is 4.89. The van der Waals surface area contributed by atoms with E-state index in [-0.39, 0.29) is 0 Å². The third-order valence-corrected chi connectivity index (χ3v) is 5.08. The zero-order valence-electron chi connectivity index (χ0n) is 13.8. The summed E-state index contributed by atoms with van der Waals surface area (Å²) in [4.78, 5) is 9.42. The molecule has 1 saturated heterocycles. The predicted octanol–water partition coefficient (Wildman–Crippen LogP) is 4.86. The normalized spacial score (nSPS) is 15.7. The molecule has 0 N–H and O–H groups in total. The summed E-state index contributed by atoms with van der Waals surface area (Å²) < 4.78 is 0. The van der Waals surface area contributed by atoms with Crippen LogP contribution in [-0.4, -0.2) is 36.1 Å². The molecule has 0 unspecified atom stereocenters. The van der Waals surface area contributed by atoms with Gasteiger partial charge in [0.05, 0.1) is 17.4 Å². The van der Waals surface area contributed by atoms with Crippen molar-refractivity contribution in [2.24, 2.45) is 0 Å². The van der Waals surface area contributed by atoms with Crippen LogP contribution in [0.4, 0.5) is 5.69 Å². The monoisotopic (exact) mass is 371 g/mol. The summed E-state index contributed by atoms with van der Waals surface area (Å²) in [5.74, 6) is 0. The molecule has 1 aliphatic rings. The molecule has 1 fully saturated rings. The second kappa shape index (κ2) is 7.20. The fourth-order valence-corrected chi connectivity index (χ4v) is 3.93. The lowest BCUT2D eigenvalue weighted by Gasteiger charge is -2.36. The number of benzene rings is 2. The molecule has 128 valence electrons. The van der Waals surface area contributed by atoms with Crippen molar-refractivity contribution in [2.75, 3.05) is 31.1 Å². The first kappa shape index (κ1) is 16.6. The first-order valence-electron chi connectivity index (χ1n) is 8.44. The zero-order valence-corrected chi connectivity index (χ0v) is 15.3. The molecule has 2 heterocycles. The lowest BCUT2D eigenvalue weighted by atomic mass is 10.1. The van der Waals surface area contributed by atoms with E-state index < -0.39 is 0 Å². The Balaban J connectivity index is 1.42. The van der Waals surface area contributed by atoms with Crippen LogP contribution in [0, 0.1) is 0 Å². The fourth-order valence-electron chi connectivity index (χ4n) is 3.36. The average molecular weight is 372 g/mol. The molecular formula is C20H19Cl2N3. The van der Waals surface area contributed by atoms with Gasteiger partial charge >= 0.3 is 0 Å². The highest BCUT2D eigenvalue weighted by molar-refractivity contribution is 6.34. The summed E-state index contributed by atoms with van der Waals surface area (Å²) in [5, 5.41) is 2.59. The van der Waals surface area contributed by atoms with Gasteiger partial charge in [0.25, 0.3) is 0 Å². The predicted molar refractivity (Wildman–Crippen MR) is 106 cm³/mol. The quantitative estimate of drug-likeness (QED) is 0.654. The fraction of sp³-hybridized carbons (Fsp3) is 0.250. The molecule has 25 heavy (non-hydrogen) atoms. The van der Waals surface area contributed by atoms with Crippen LogP contribution in [-0.2, 0) is 6.54 Å². The number of hydrogen-bond donors (Lipinski definition) is 0. The highest BCUT2D eigenvalue weighted by Crippen LogP contribution is 2.23. The summed E-state index contributed by atoms with van der Waals surface area (Å²) in [6.07, 6.45) is 1.98. The first-order chi connectivity index (χ1) is 12.2. The van der Waals surface area contributed by atoms with Gasteiger partial charge in [-0.15, -0.1) is 0 Å². The smallest absolute Gasteiger partial charge is 0.0703 e. The minimum atomic E-state index is 0.698. The molecule has 5 heteroatoms. The van der Waals surface area contributed by atoms with E-state index in [1.165, 1.54) is 16.6 Å². The Labute approximate surface area is 157 Å². The summed E-state index contributed by atoms with van der Waals surface area (Å²) >= 11 is 12.2. The lowest BCUT2D eigenvalue weighted by Crippen LogP contribution is -2.46. The lowest BCUT2D eigenvalue weighted by molar-refractivity contribution is 0.250. The Morgan fingerprint density at radius 1 is 0.880 bits per heavy atom. The minimum Gasteiger partial charge on any atom is -0.368 e. The second-order valence-electron chi connectivity index (χ2n) is 6.43. The van der Waals surface area contributed by atoms with Crippen molar-refractivity contribution in [3.05, 3.63) is 70.3 Å². The van der Waals surface area contributed by atoms with Crippen molar-refractivity contribution in [1.82, 2.24) is 9.88 Å². The number of anilines is 1. The third kappa shape index (κ3) is 3.90. The average Bonchev–Trinajstić information content (AvgIpc) is 2.61. The van der Waals surface area contributed by atoms with Crippen molar-refractivity contribution in [2.45, 2.75) is 6.54 Å². The van der Waals surface area contributed by atoms with E-state index in [9.17, 15) is 0 Å². The molecule has 2 aromatic carbocycles. The molecule has 0 bridgehead atoms. The second-order valence-corrected chi connectivity index (χ2v) is 7.30. The van der Waals surface area contributed by atoms with Crippen molar-refractivity contribution in [1.29, 1.82) is 0 Å². The molecule has 0 saturated carbocycles. The van der Waals surface area contributed by atoms with Crippen LogP contribution in [0.5, 0.6) is 0 Å². The molecule has 1 aliphatic heterocycles. The van der Waals surface area contributed by atoms with Crippen molar-refractivity contribution in [3.63, 3.8) is 0 Å². The van der Waals surface area contributed by atoms with Gasteiger partial charge in [0.2, 0.25) is 0 Å². The third-order valence-electron chi connectivity index (χ3n) is 4.64. The number of rotatable bonds is 3. The van der Waals surface area contributed by atoms with E-state index in [1.807, 2.05) is 30.5 Å². The maximum absolute atomic E-state index is 6.10. The maximum Gasteiger partial charge on any atom is 0.0703 e. The van der Waals surface area contributed by atoms with Crippen molar-refractivity contribution in [3.8, 4) is 0 Å². The van der Waals surface area contributed by atoms with Crippen LogP contribution in [0.2, 0.25) is 10.0 Å². The van der Waals surface area contributed by atoms with Gasteiger partial charge in [-0.25, -0.2) is 0 Å². The van der Waals surface area contributed by atoms with Gasteiger partial charge in [-0.05, 0) is 35.9 Å². The number of aromatic nitrogens is 1. The van der Waals surface area contributed by atoms with Gasteiger partial charge in [-0.1, -0.05) is 41.4 Å². The van der Waals surface area contributed by atoms with Crippen LogP contribution in [0.25, 0.3) is 10.9 Å². The van der Waals surface area contributed by atoms with Crippen LogP contribution in [0.1, 0.15) is 5.56 Å². The number of fused-ring (bicyclic) bond motifs is 1. The molecular weight excluding hydrogens is 353 g/mol. The Bertz CT molecular complexity index is 869. The van der Waals surface area contributed by atoms with Crippen LogP contribution in [0.15, 0.2) is 54.7 Å². The molecule has 4 rings (SSSR count). The first-order valence-corrected chi connectivity index (χ1v) is 9.20. The van der Waals surface area contributed by atoms with Crippen molar-refractivity contribution >= 4 is 39.8 Å². The van der Waals surface area contributed by atoms with Crippen molar-refractivity contribution < 1.29 is 0 Å². The van der Waals surface area contributed by atoms with Gasteiger partial charge in [-0.2, -0.15) is 0 Å². The van der Waals surface area contributed by atoms with Gasteiger partial charge in [0, 0.05) is 48.2 Å². The molecule has 3 aromatic rings. The number of hydrogen-bond acceptors (Lipinski definition) is 3. The van der Waals surface area contributed by atoms with Gasteiger partial charge in [0.1, 0.15) is 0 Å². The number of pyridine rings is 1. The van der Waals surface area contributed by atoms with E-state index in [2.05, 4.69) is 33.0 Å². The van der Waals surface area contributed by atoms with E-state index in [4.69, 9.17) is 23.2 Å². The van der Waals surface area contributed by atoms with E-state index in [1.54, 1.807) is 6.07 Å². The van der Waals surface area contributed by atoms with Crippen LogP contribution >= 0.6 is 23.2 Å². The number of para-hydroxylation sites is 1. The van der Waals surface area contributed by atoms with E-state index in [0.29, 0.717) is 10.0 Å². The molecule has 0 amide bonds. The van der Waals surface area contributed by atoms with Crippen LogP contribution < -0.4 is 4.90 Å². The maximum atomic E-state index is 6.10. The number of halogens is 2. The summed E-state index contributed by atoms with van der Waals surface area (Å²) in [5.41, 5.74) is 3.41. The molecule has 0 spiro atoms. The Kier molecular flexibility index (Phi) is 4.80. The summed E-state index contributed by atoms with van der Waals surface area (Å²) in [6, 6.07) is 16.2. The van der Waals surface area contributed by atoms with E-state index >= 15 is 0 Å². The molecule has 0 atom stereocenters. The molecule has 0 aliphatic carbocycles. The molecule has 3 nitrogen and oxygen atoms in total. The Hall–Kier alpha value is -1.81. The van der Waals surface area contributed by atoms with E-state index in [0.717, 1.165) is 38.2 Å². The number of nitrogens with zero attached hydrogens (tertiary/aromatic N) is 3. The highest BCUT2D eigenvalue weighted by Gasteiger charge is 2.18. The summed E-state index contributed by atoms with van der Waals surface area (Å²) in [7, 11) is 0. The minimum absolute atomic E-state index is 0.698. The Morgan fingerprint density at radius 2 is 1.60 bits per heavy atom. The standard InChI is InChI=1S/C20H19Cl2N3/c21-17-9-15(10-18(22)12-17)14-24-5-7-25(8-6-24)19-11-16-3-1-2-4-20(16)23-13-19/h1-4,9-13H,5-8,14H2. The van der Waals surface area contributed by atoms with Crippen LogP contribution in [0.3, 0.4) is 0 Å². The number of piperazine rings is 1.